The second-order valence-corrected chi connectivity index (χ2v) is 8.54. The van der Waals surface area contributed by atoms with Gasteiger partial charge in [0.15, 0.2) is 9.84 Å². The highest BCUT2D eigenvalue weighted by Gasteiger charge is 2.23. The Morgan fingerprint density at radius 1 is 0.958 bits per heavy atom. The molecule has 0 aromatic heterocycles. The largest absolute Gasteiger partial charge is 0.497 e. The van der Waals surface area contributed by atoms with Crippen molar-refractivity contribution in [2.45, 2.75) is 16.4 Å². The van der Waals surface area contributed by atoms with Crippen LogP contribution in [0.5, 0.6) is 5.75 Å². The molecule has 0 aliphatic rings. The highest BCUT2D eigenvalue weighted by molar-refractivity contribution is 7.93. The lowest BCUT2D eigenvalue weighted by atomic mass is 10.2. The van der Waals surface area contributed by atoms with E-state index >= 15 is 0 Å². The molecular formula is C15H17NO6S2. The lowest BCUT2D eigenvalue weighted by Crippen LogP contribution is -2.25. The second-order valence-electron chi connectivity index (χ2n) is 4.95. The van der Waals surface area contributed by atoms with Crippen LogP contribution >= 0.6 is 0 Å². The maximum absolute atomic E-state index is 12.3. The molecule has 0 fully saturated rings. The number of sulfone groups is 1. The summed E-state index contributed by atoms with van der Waals surface area (Å²) < 4.78 is 53.1. The molecule has 0 aliphatic heterocycles. The first-order chi connectivity index (χ1) is 11.2. The number of hydrogen-bond donors (Lipinski definition) is 1. The fraction of sp³-hybridized carbons (Fsp3) is 0.200. The van der Waals surface area contributed by atoms with Gasteiger partial charge >= 0.3 is 0 Å². The molecule has 24 heavy (non-hydrogen) atoms. The summed E-state index contributed by atoms with van der Waals surface area (Å²) in [5, 5.41) is 0. The lowest BCUT2D eigenvalue weighted by molar-refractivity contribution is 0.0793. The zero-order chi connectivity index (χ0) is 17.8. The predicted molar refractivity (Wildman–Crippen MR) is 87.7 cm³/mol. The molecule has 0 bridgehead atoms. The van der Waals surface area contributed by atoms with Crippen LogP contribution in [0.4, 0.5) is 0 Å². The minimum absolute atomic E-state index is 0.0442. The van der Waals surface area contributed by atoms with E-state index < -0.39 is 19.9 Å². The van der Waals surface area contributed by atoms with E-state index in [-0.39, 0.29) is 16.4 Å². The van der Waals surface area contributed by atoms with Gasteiger partial charge in [0.1, 0.15) is 10.6 Å². The van der Waals surface area contributed by atoms with Crippen LogP contribution in [-0.4, -0.2) is 30.2 Å². The van der Waals surface area contributed by atoms with E-state index in [1.807, 2.05) is 4.89 Å². The van der Waals surface area contributed by atoms with Gasteiger partial charge in [0.2, 0.25) is 0 Å². The van der Waals surface area contributed by atoms with Crippen molar-refractivity contribution in [2.24, 2.45) is 0 Å². The smallest absolute Gasteiger partial charge is 0.263 e. The van der Waals surface area contributed by atoms with Crippen LogP contribution in [0.3, 0.4) is 0 Å². The summed E-state index contributed by atoms with van der Waals surface area (Å²) in [5.74, 6) is 0.612. The topological polar surface area (TPSA) is 98.8 Å². The van der Waals surface area contributed by atoms with Crippen molar-refractivity contribution in [1.82, 2.24) is 4.89 Å². The van der Waals surface area contributed by atoms with E-state index in [1.165, 1.54) is 31.4 Å². The van der Waals surface area contributed by atoms with E-state index in [1.54, 1.807) is 24.3 Å². The first-order valence-electron chi connectivity index (χ1n) is 6.79. The average Bonchev–Trinajstić information content (AvgIpc) is 2.54. The molecule has 2 rings (SSSR count). The summed E-state index contributed by atoms with van der Waals surface area (Å²) in [6.07, 6.45) is 0.943. The van der Waals surface area contributed by atoms with Crippen LogP contribution in [0.2, 0.25) is 0 Å². The first kappa shape index (κ1) is 18.4. The third-order valence-electron chi connectivity index (χ3n) is 3.08. The van der Waals surface area contributed by atoms with E-state index in [9.17, 15) is 16.8 Å². The summed E-state index contributed by atoms with van der Waals surface area (Å²) in [4.78, 5) is 6.31. The fourth-order valence-corrected chi connectivity index (χ4v) is 4.41. The summed E-state index contributed by atoms with van der Waals surface area (Å²) in [6, 6.07) is 12.2. The van der Waals surface area contributed by atoms with Gasteiger partial charge < -0.3 is 4.74 Å². The summed E-state index contributed by atoms with van der Waals surface area (Å²) in [6.45, 7) is -0.0442. The van der Waals surface area contributed by atoms with Crippen LogP contribution in [0.1, 0.15) is 5.56 Å². The Labute approximate surface area is 141 Å². The Balaban J connectivity index is 2.15. The van der Waals surface area contributed by atoms with Gasteiger partial charge in [-0.15, -0.1) is 0 Å². The van der Waals surface area contributed by atoms with Crippen LogP contribution in [0.15, 0.2) is 58.3 Å². The molecule has 0 radical (unpaired) electrons. The summed E-state index contributed by atoms with van der Waals surface area (Å²) in [7, 11) is -6.32. The molecule has 0 saturated carbocycles. The van der Waals surface area contributed by atoms with E-state index in [2.05, 4.69) is 0 Å². The number of hydrogen-bond acceptors (Lipinski definition) is 6. The van der Waals surface area contributed by atoms with Gasteiger partial charge in [0.05, 0.1) is 18.6 Å². The Morgan fingerprint density at radius 2 is 1.62 bits per heavy atom. The standard InChI is InChI=1S/C15H17NO6S2/c1-21-13-7-5-6-12(10-13)11-22-16-24(19,20)15-9-4-3-8-14(15)23(2,17)18/h3-10,16H,11H2,1-2H3. The Bertz CT molecular complexity index is 922. The van der Waals surface area contributed by atoms with Gasteiger partial charge in [-0.2, -0.15) is 0 Å². The second kappa shape index (κ2) is 7.31. The van der Waals surface area contributed by atoms with Crippen molar-refractivity contribution in [3.05, 3.63) is 54.1 Å². The van der Waals surface area contributed by atoms with Crippen molar-refractivity contribution in [3.8, 4) is 5.75 Å². The minimum atomic E-state index is -4.14. The van der Waals surface area contributed by atoms with Gasteiger partial charge in [-0.1, -0.05) is 29.2 Å². The van der Waals surface area contributed by atoms with Crippen molar-refractivity contribution in [2.75, 3.05) is 13.4 Å². The van der Waals surface area contributed by atoms with E-state index in [4.69, 9.17) is 9.57 Å². The maximum atomic E-state index is 12.3. The molecule has 0 amide bonds. The zero-order valence-corrected chi connectivity index (χ0v) is 14.7. The Hall–Kier alpha value is -1.94. The predicted octanol–water partition coefficient (Wildman–Crippen LogP) is 1.51. The third-order valence-corrected chi connectivity index (χ3v) is 5.64. The third kappa shape index (κ3) is 4.54. The monoisotopic (exact) mass is 371 g/mol. The Kier molecular flexibility index (Phi) is 5.60. The molecule has 130 valence electrons. The summed E-state index contributed by atoms with van der Waals surface area (Å²) >= 11 is 0. The van der Waals surface area contributed by atoms with Crippen molar-refractivity contribution >= 4 is 19.9 Å². The quantitative estimate of drug-likeness (QED) is 0.741. The molecule has 0 spiro atoms. The van der Waals surface area contributed by atoms with Gasteiger partial charge in [-0.05, 0) is 29.8 Å². The average molecular weight is 371 g/mol. The number of ether oxygens (including phenoxy) is 1. The van der Waals surface area contributed by atoms with Crippen LogP contribution in [0, 0.1) is 0 Å². The van der Waals surface area contributed by atoms with E-state index in [0.717, 1.165) is 6.26 Å². The maximum Gasteiger partial charge on any atom is 0.263 e. The number of methoxy groups -OCH3 is 1. The van der Waals surface area contributed by atoms with Crippen molar-refractivity contribution in [1.29, 1.82) is 0 Å². The molecule has 2 aromatic carbocycles. The normalized spacial score (nSPS) is 12.1. The molecule has 0 unspecified atom stereocenters. The molecule has 0 aliphatic carbocycles. The number of nitrogens with one attached hydrogen (secondary N) is 1. The molecule has 0 saturated heterocycles. The van der Waals surface area contributed by atoms with Gasteiger partial charge in [0, 0.05) is 6.26 Å². The SMILES string of the molecule is COc1cccc(CONS(=O)(=O)c2ccccc2S(C)(=O)=O)c1. The zero-order valence-electron chi connectivity index (χ0n) is 13.1. The van der Waals surface area contributed by atoms with E-state index in [0.29, 0.717) is 11.3 Å². The molecule has 9 heteroatoms. The van der Waals surface area contributed by atoms with Gasteiger partial charge in [-0.3, -0.25) is 4.84 Å². The van der Waals surface area contributed by atoms with Crippen LogP contribution < -0.4 is 9.62 Å². The first-order valence-corrected chi connectivity index (χ1v) is 10.2. The fourth-order valence-electron chi connectivity index (χ4n) is 1.98. The van der Waals surface area contributed by atoms with Gasteiger partial charge in [-0.25, -0.2) is 16.8 Å². The van der Waals surface area contributed by atoms with Gasteiger partial charge in [0.25, 0.3) is 10.0 Å². The molecule has 0 heterocycles. The Morgan fingerprint density at radius 3 is 2.25 bits per heavy atom. The van der Waals surface area contributed by atoms with Crippen molar-refractivity contribution < 1.29 is 26.4 Å². The molecule has 7 nitrogen and oxygen atoms in total. The number of benzene rings is 2. The summed E-state index contributed by atoms with van der Waals surface area (Å²) in [5.41, 5.74) is 0.688. The molecule has 1 N–H and O–H groups in total. The number of sulfonamides is 1. The highest BCUT2D eigenvalue weighted by atomic mass is 32.2. The van der Waals surface area contributed by atoms with Crippen LogP contribution in [0.25, 0.3) is 0 Å². The van der Waals surface area contributed by atoms with Crippen LogP contribution in [-0.2, 0) is 31.3 Å². The lowest BCUT2D eigenvalue weighted by Gasteiger charge is -2.11. The van der Waals surface area contributed by atoms with Crippen molar-refractivity contribution in [3.63, 3.8) is 0 Å². The highest BCUT2D eigenvalue weighted by Crippen LogP contribution is 2.20. The molecule has 2 aromatic rings. The molecular weight excluding hydrogens is 354 g/mol. The number of rotatable bonds is 7. The molecule has 0 atom stereocenters. The minimum Gasteiger partial charge on any atom is -0.497 e.